The van der Waals surface area contributed by atoms with Crippen molar-refractivity contribution < 1.29 is 14.6 Å². The first-order chi connectivity index (χ1) is 4.95. The molecule has 1 unspecified atom stereocenters. The van der Waals surface area contributed by atoms with E-state index in [2.05, 4.69) is 11.3 Å². The van der Waals surface area contributed by atoms with Crippen molar-refractivity contribution in [1.29, 1.82) is 0 Å². The van der Waals surface area contributed by atoms with Crippen LogP contribution in [0, 0.1) is 0 Å². The van der Waals surface area contributed by atoms with Gasteiger partial charge in [-0.3, -0.25) is 0 Å². The minimum absolute atomic E-state index is 0.0995. The van der Waals surface area contributed by atoms with Gasteiger partial charge in [0.1, 0.15) is 0 Å². The summed E-state index contributed by atoms with van der Waals surface area (Å²) in [5.74, 6) is -0.558. The summed E-state index contributed by atoms with van der Waals surface area (Å²) in [6.45, 7) is 6.75. The van der Waals surface area contributed by atoms with Crippen molar-refractivity contribution in [3.8, 4) is 0 Å². The van der Waals surface area contributed by atoms with Gasteiger partial charge in [-0.05, 0) is 13.3 Å². The SMILES string of the molecule is C=C(C(=O)OC)C(C)(O)CC. The van der Waals surface area contributed by atoms with Gasteiger partial charge >= 0.3 is 5.97 Å². The highest BCUT2D eigenvalue weighted by molar-refractivity contribution is 5.89. The number of aliphatic hydroxyl groups is 1. The van der Waals surface area contributed by atoms with Crippen molar-refractivity contribution in [2.45, 2.75) is 25.9 Å². The number of hydrogen-bond acceptors (Lipinski definition) is 3. The van der Waals surface area contributed by atoms with Gasteiger partial charge in [0.05, 0.1) is 18.3 Å². The fourth-order valence-electron chi connectivity index (χ4n) is 0.556. The molecule has 1 N–H and O–H groups in total. The van der Waals surface area contributed by atoms with Crippen molar-refractivity contribution in [3.05, 3.63) is 12.2 Å². The van der Waals surface area contributed by atoms with Gasteiger partial charge in [-0.1, -0.05) is 13.5 Å². The lowest BCUT2D eigenvalue weighted by Gasteiger charge is -2.21. The summed E-state index contributed by atoms with van der Waals surface area (Å²) in [6.07, 6.45) is 0.445. The van der Waals surface area contributed by atoms with Crippen molar-refractivity contribution in [2.75, 3.05) is 7.11 Å². The second-order valence-corrected chi connectivity index (χ2v) is 2.60. The van der Waals surface area contributed by atoms with E-state index in [1.165, 1.54) is 14.0 Å². The van der Waals surface area contributed by atoms with Crippen molar-refractivity contribution >= 4 is 5.97 Å². The van der Waals surface area contributed by atoms with Gasteiger partial charge in [0.2, 0.25) is 0 Å². The summed E-state index contributed by atoms with van der Waals surface area (Å²) >= 11 is 0. The number of esters is 1. The molecule has 0 aliphatic rings. The molecule has 0 radical (unpaired) electrons. The van der Waals surface area contributed by atoms with Gasteiger partial charge in [-0.15, -0.1) is 0 Å². The molecule has 0 aromatic rings. The zero-order chi connectivity index (χ0) is 9.07. The summed E-state index contributed by atoms with van der Waals surface area (Å²) < 4.78 is 4.40. The number of methoxy groups -OCH3 is 1. The zero-order valence-corrected chi connectivity index (χ0v) is 7.18. The Hall–Kier alpha value is -0.830. The molecule has 11 heavy (non-hydrogen) atoms. The molecule has 64 valence electrons. The Balaban J connectivity index is 4.36. The van der Waals surface area contributed by atoms with E-state index in [4.69, 9.17) is 0 Å². The van der Waals surface area contributed by atoms with E-state index in [0.717, 1.165) is 0 Å². The van der Waals surface area contributed by atoms with Crippen LogP contribution in [0.25, 0.3) is 0 Å². The topological polar surface area (TPSA) is 46.5 Å². The van der Waals surface area contributed by atoms with E-state index < -0.39 is 11.6 Å². The molecule has 0 amide bonds. The van der Waals surface area contributed by atoms with Crippen LogP contribution in [0.15, 0.2) is 12.2 Å². The van der Waals surface area contributed by atoms with Crippen LogP contribution in [0.4, 0.5) is 0 Å². The van der Waals surface area contributed by atoms with Crippen LogP contribution >= 0.6 is 0 Å². The first-order valence-corrected chi connectivity index (χ1v) is 3.45. The number of carbonyl (C=O) groups excluding carboxylic acids is 1. The Bertz CT molecular complexity index is 170. The van der Waals surface area contributed by atoms with Gasteiger partial charge in [0, 0.05) is 0 Å². The Kier molecular flexibility index (Phi) is 3.26. The molecule has 1 atom stereocenters. The Morgan fingerprint density at radius 2 is 2.18 bits per heavy atom. The Morgan fingerprint density at radius 1 is 1.73 bits per heavy atom. The summed E-state index contributed by atoms with van der Waals surface area (Å²) in [4.78, 5) is 10.8. The predicted molar refractivity (Wildman–Crippen MR) is 42.1 cm³/mol. The van der Waals surface area contributed by atoms with Crippen LogP contribution in [0.2, 0.25) is 0 Å². The van der Waals surface area contributed by atoms with Gasteiger partial charge in [0.25, 0.3) is 0 Å². The zero-order valence-electron chi connectivity index (χ0n) is 7.18. The summed E-state index contributed by atoms with van der Waals surface area (Å²) in [6, 6.07) is 0. The highest BCUT2D eigenvalue weighted by Crippen LogP contribution is 2.18. The maximum Gasteiger partial charge on any atom is 0.336 e. The van der Waals surface area contributed by atoms with E-state index in [9.17, 15) is 9.90 Å². The van der Waals surface area contributed by atoms with Crippen molar-refractivity contribution in [3.63, 3.8) is 0 Å². The molecule has 0 fully saturated rings. The maximum atomic E-state index is 10.8. The average Bonchev–Trinajstić information content (AvgIpc) is 2.01. The van der Waals surface area contributed by atoms with Gasteiger partial charge in [0.15, 0.2) is 0 Å². The molecule has 0 aromatic carbocycles. The monoisotopic (exact) mass is 158 g/mol. The van der Waals surface area contributed by atoms with Crippen LogP contribution in [0.5, 0.6) is 0 Å². The van der Waals surface area contributed by atoms with Crippen LogP contribution in [0.3, 0.4) is 0 Å². The second-order valence-electron chi connectivity index (χ2n) is 2.60. The van der Waals surface area contributed by atoms with E-state index >= 15 is 0 Å². The summed E-state index contributed by atoms with van der Waals surface area (Å²) in [7, 11) is 1.26. The fraction of sp³-hybridized carbons (Fsp3) is 0.625. The number of rotatable bonds is 3. The normalized spacial score (nSPS) is 15.3. The molecule has 0 aromatic heterocycles. The van der Waals surface area contributed by atoms with E-state index in [1.54, 1.807) is 6.92 Å². The second kappa shape index (κ2) is 3.53. The highest BCUT2D eigenvalue weighted by atomic mass is 16.5. The molecule has 3 heteroatoms. The average molecular weight is 158 g/mol. The standard InChI is InChI=1S/C8H14O3/c1-5-8(3,10)6(2)7(9)11-4/h10H,2,5H2,1,3-4H3. The lowest BCUT2D eigenvalue weighted by atomic mass is 9.95. The van der Waals surface area contributed by atoms with Crippen molar-refractivity contribution in [2.24, 2.45) is 0 Å². The van der Waals surface area contributed by atoms with Gasteiger partial charge in [-0.2, -0.15) is 0 Å². The third-order valence-electron chi connectivity index (χ3n) is 1.77. The van der Waals surface area contributed by atoms with Crippen LogP contribution in [0.1, 0.15) is 20.3 Å². The minimum atomic E-state index is -1.15. The quantitative estimate of drug-likeness (QED) is 0.490. The summed E-state index contributed by atoms with van der Waals surface area (Å²) in [5, 5.41) is 9.49. The maximum absolute atomic E-state index is 10.8. The number of ether oxygens (including phenoxy) is 1. The largest absolute Gasteiger partial charge is 0.466 e. The smallest absolute Gasteiger partial charge is 0.336 e. The number of carbonyl (C=O) groups is 1. The molecule has 0 saturated heterocycles. The third kappa shape index (κ3) is 2.35. The molecule has 0 bridgehead atoms. The van der Waals surface area contributed by atoms with E-state index in [0.29, 0.717) is 6.42 Å². The first-order valence-electron chi connectivity index (χ1n) is 3.45. The molecule has 3 nitrogen and oxygen atoms in total. The molecule has 0 aliphatic carbocycles. The van der Waals surface area contributed by atoms with Crippen LogP contribution in [-0.2, 0) is 9.53 Å². The molecule has 0 heterocycles. The fourth-order valence-corrected chi connectivity index (χ4v) is 0.556. The minimum Gasteiger partial charge on any atom is -0.466 e. The first kappa shape index (κ1) is 10.2. The lowest BCUT2D eigenvalue weighted by molar-refractivity contribution is -0.138. The van der Waals surface area contributed by atoms with Crippen LogP contribution < -0.4 is 0 Å². The Labute approximate surface area is 66.7 Å². The lowest BCUT2D eigenvalue weighted by Crippen LogP contribution is -2.30. The predicted octanol–water partition coefficient (Wildman–Crippen LogP) is 0.877. The summed E-state index contributed by atoms with van der Waals surface area (Å²) in [5.41, 5.74) is -1.05. The van der Waals surface area contributed by atoms with E-state index in [1.807, 2.05) is 0 Å². The third-order valence-corrected chi connectivity index (χ3v) is 1.77. The molecule has 0 aliphatic heterocycles. The van der Waals surface area contributed by atoms with E-state index in [-0.39, 0.29) is 5.57 Å². The molecular formula is C8H14O3. The van der Waals surface area contributed by atoms with Gasteiger partial charge in [-0.25, -0.2) is 4.79 Å². The highest BCUT2D eigenvalue weighted by Gasteiger charge is 2.27. The molecule has 0 rings (SSSR count). The molecule has 0 saturated carbocycles. The van der Waals surface area contributed by atoms with Gasteiger partial charge < -0.3 is 9.84 Å². The number of hydrogen-bond donors (Lipinski definition) is 1. The molecule has 0 spiro atoms. The van der Waals surface area contributed by atoms with Crippen LogP contribution in [-0.4, -0.2) is 23.8 Å². The Morgan fingerprint density at radius 3 is 2.45 bits per heavy atom. The van der Waals surface area contributed by atoms with Crippen molar-refractivity contribution in [1.82, 2.24) is 0 Å². The molecular weight excluding hydrogens is 144 g/mol.